The van der Waals surface area contributed by atoms with Crippen molar-refractivity contribution in [2.24, 2.45) is 22.7 Å². The molecule has 2 fully saturated rings. The summed E-state index contributed by atoms with van der Waals surface area (Å²) in [5.74, 6) is 2.99. The Morgan fingerprint density at radius 1 is 0.625 bits per heavy atom. The van der Waals surface area contributed by atoms with E-state index < -0.39 is 0 Å². The first-order valence-corrected chi connectivity index (χ1v) is 19.0. The standard InChI is InChI=1S/C33H68N4OS2/c1-9-11-13-15-17-19-21-39-30-35-29(36-31(37-30)40-22-20-18-16-14-12-10-2)34-25-23-26(32(3,4)5)28(38)27(24-25)33(6,7)8/h25-31,34-38H,9-24H2,1-8H3. The number of hydrogen-bond donors (Lipinski definition) is 5. The van der Waals surface area contributed by atoms with E-state index in [1.54, 1.807) is 0 Å². The van der Waals surface area contributed by atoms with Crippen LogP contribution in [0.2, 0.25) is 0 Å². The second-order valence-corrected chi connectivity index (χ2v) is 17.2. The summed E-state index contributed by atoms with van der Waals surface area (Å²) in [5.41, 5.74) is 0.678. The van der Waals surface area contributed by atoms with Crippen molar-refractivity contribution in [2.45, 2.75) is 175 Å². The van der Waals surface area contributed by atoms with Crippen molar-refractivity contribution in [3.8, 4) is 0 Å². The monoisotopic (exact) mass is 600 g/mol. The van der Waals surface area contributed by atoms with Gasteiger partial charge in [0.25, 0.3) is 0 Å². The Morgan fingerprint density at radius 2 is 1.02 bits per heavy atom. The predicted molar refractivity (Wildman–Crippen MR) is 180 cm³/mol. The first kappa shape index (κ1) is 36.7. The lowest BCUT2D eigenvalue weighted by molar-refractivity contribution is -0.0779. The number of nitrogens with one attached hydrogen (secondary N) is 4. The molecule has 1 aliphatic carbocycles. The van der Waals surface area contributed by atoms with Crippen LogP contribution in [0.25, 0.3) is 0 Å². The van der Waals surface area contributed by atoms with Gasteiger partial charge in [0.15, 0.2) is 0 Å². The molecule has 0 aromatic carbocycles. The van der Waals surface area contributed by atoms with Crippen LogP contribution in [-0.2, 0) is 0 Å². The highest BCUT2D eigenvalue weighted by atomic mass is 32.2. The van der Waals surface area contributed by atoms with Gasteiger partial charge in [0.2, 0.25) is 0 Å². The molecular formula is C33H68N4OS2. The molecule has 0 amide bonds. The zero-order valence-electron chi connectivity index (χ0n) is 27.6. The second kappa shape index (κ2) is 19.0. The van der Waals surface area contributed by atoms with Crippen LogP contribution in [-0.4, -0.2) is 46.0 Å². The minimum Gasteiger partial charge on any atom is -0.393 e. The summed E-state index contributed by atoms with van der Waals surface area (Å²) in [6.45, 7) is 18.4. The summed E-state index contributed by atoms with van der Waals surface area (Å²) >= 11 is 4.08. The third-order valence-electron chi connectivity index (χ3n) is 9.03. The molecule has 40 heavy (non-hydrogen) atoms. The number of hydrogen-bond acceptors (Lipinski definition) is 7. The molecule has 4 atom stereocenters. The smallest absolute Gasteiger partial charge is 0.115 e. The average molecular weight is 601 g/mol. The van der Waals surface area contributed by atoms with Crippen LogP contribution in [0.5, 0.6) is 0 Å². The van der Waals surface area contributed by atoms with E-state index in [1.807, 2.05) is 23.5 Å². The topological polar surface area (TPSA) is 68.3 Å². The van der Waals surface area contributed by atoms with E-state index in [2.05, 4.69) is 76.7 Å². The van der Waals surface area contributed by atoms with Crippen LogP contribution in [0, 0.1) is 22.7 Å². The summed E-state index contributed by atoms with van der Waals surface area (Å²) in [4.78, 5) is 0. The van der Waals surface area contributed by atoms with Gasteiger partial charge < -0.3 is 5.11 Å². The van der Waals surface area contributed by atoms with E-state index in [0.29, 0.717) is 17.9 Å². The average Bonchev–Trinajstić information content (AvgIpc) is 2.87. The molecule has 0 spiro atoms. The van der Waals surface area contributed by atoms with Gasteiger partial charge in [-0.3, -0.25) is 21.3 Å². The van der Waals surface area contributed by atoms with E-state index in [-0.39, 0.29) is 34.2 Å². The molecule has 1 saturated heterocycles. The van der Waals surface area contributed by atoms with Crippen molar-refractivity contribution >= 4 is 23.5 Å². The quantitative estimate of drug-likeness (QED) is 0.102. The summed E-state index contributed by atoms with van der Waals surface area (Å²) in [7, 11) is 0. The van der Waals surface area contributed by atoms with Crippen LogP contribution >= 0.6 is 23.5 Å². The lowest BCUT2D eigenvalue weighted by atomic mass is 9.60. The molecule has 5 N–H and O–H groups in total. The number of rotatable bonds is 18. The van der Waals surface area contributed by atoms with Gasteiger partial charge in [-0.25, -0.2) is 0 Å². The van der Waals surface area contributed by atoms with Crippen molar-refractivity contribution in [3.63, 3.8) is 0 Å². The van der Waals surface area contributed by atoms with Gasteiger partial charge in [0, 0.05) is 6.04 Å². The Bertz CT molecular complexity index is 603. The van der Waals surface area contributed by atoms with Crippen LogP contribution in [0.4, 0.5) is 0 Å². The van der Waals surface area contributed by atoms with Crippen molar-refractivity contribution in [1.82, 2.24) is 21.3 Å². The molecule has 0 aromatic heterocycles. The lowest BCUT2D eigenvalue weighted by Gasteiger charge is -2.50. The molecule has 4 unspecified atom stereocenters. The predicted octanol–water partition coefficient (Wildman–Crippen LogP) is 8.24. The van der Waals surface area contributed by atoms with Gasteiger partial charge in [-0.05, 0) is 59.9 Å². The van der Waals surface area contributed by atoms with Gasteiger partial charge in [0.05, 0.1) is 6.10 Å². The van der Waals surface area contributed by atoms with E-state index >= 15 is 0 Å². The summed E-state index contributed by atoms with van der Waals surface area (Å²) in [5, 5.41) is 26.9. The first-order valence-electron chi connectivity index (χ1n) is 16.9. The fourth-order valence-corrected chi connectivity index (χ4v) is 8.64. The van der Waals surface area contributed by atoms with Gasteiger partial charge >= 0.3 is 0 Å². The molecule has 1 heterocycles. The molecule has 7 heteroatoms. The molecular weight excluding hydrogens is 533 g/mol. The van der Waals surface area contributed by atoms with Gasteiger partial charge in [-0.1, -0.05) is 120 Å². The van der Waals surface area contributed by atoms with Crippen LogP contribution < -0.4 is 21.3 Å². The Kier molecular flexibility index (Phi) is 17.4. The molecule has 0 bridgehead atoms. The molecule has 1 aliphatic heterocycles. The highest BCUT2D eigenvalue weighted by Gasteiger charge is 2.46. The third kappa shape index (κ3) is 13.9. The summed E-state index contributed by atoms with van der Waals surface area (Å²) in [6, 6.07) is 0.383. The Hall–Kier alpha value is 0.500. The highest BCUT2D eigenvalue weighted by Crippen LogP contribution is 2.46. The van der Waals surface area contributed by atoms with E-state index in [0.717, 1.165) is 12.8 Å². The second-order valence-electron chi connectivity index (χ2n) is 14.7. The zero-order valence-corrected chi connectivity index (χ0v) is 29.3. The fourth-order valence-electron chi connectivity index (χ4n) is 6.41. The van der Waals surface area contributed by atoms with E-state index in [1.165, 1.54) is 88.6 Å². The maximum absolute atomic E-state index is 11.4. The number of thioether (sulfide) groups is 2. The third-order valence-corrected chi connectivity index (χ3v) is 11.3. The molecule has 0 radical (unpaired) electrons. The summed E-state index contributed by atoms with van der Waals surface area (Å²) in [6.07, 6.45) is 18.1. The number of aliphatic hydroxyl groups excluding tert-OH is 1. The summed E-state index contributed by atoms with van der Waals surface area (Å²) < 4.78 is 0. The SMILES string of the molecule is CCCCCCCCSC1NC(NC2CC(C(C)(C)C)C(O)C(C(C)(C)C)C2)NC(SCCCCCCCC)N1. The van der Waals surface area contributed by atoms with Crippen molar-refractivity contribution in [3.05, 3.63) is 0 Å². The van der Waals surface area contributed by atoms with E-state index in [4.69, 9.17) is 0 Å². The van der Waals surface area contributed by atoms with Gasteiger partial charge in [-0.2, -0.15) is 0 Å². The molecule has 1 saturated carbocycles. The molecule has 2 aliphatic rings. The van der Waals surface area contributed by atoms with Crippen molar-refractivity contribution in [2.75, 3.05) is 11.5 Å². The number of aliphatic hydroxyl groups is 1. The van der Waals surface area contributed by atoms with Crippen molar-refractivity contribution < 1.29 is 5.11 Å². The zero-order chi connectivity index (χ0) is 29.6. The number of unbranched alkanes of at least 4 members (excludes halogenated alkanes) is 10. The minimum atomic E-state index is -0.242. The van der Waals surface area contributed by atoms with Crippen LogP contribution in [0.15, 0.2) is 0 Å². The van der Waals surface area contributed by atoms with Crippen LogP contribution in [0.1, 0.15) is 145 Å². The molecule has 238 valence electrons. The maximum atomic E-state index is 11.4. The normalized spacial score (nSPS) is 30.1. The largest absolute Gasteiger partial charge is 0.393 e. The highest BCUT2D eigenvalue weighted by molar-refractivity contribution is 8.00. The van der Waals surface area contributed by atoms with E-state index in [9.17, 15) is 5.11 Å². The maximum Gasteiger partial charge on any atom is 0.115 e. The Labute approximate surface area is 258 Å². The van der Waals surface area contributed by atoms with Crippen molar-refractivity contribution in [1.29, 1.82) is 0 Å². The Balaban J connectivity index is 1.96. The van der Waals surface area contributed by atoms with Crippen LogP contribution in [0.3, 0.4) is 0 Å². The van der Waals surface area contributed by atoms with Gasteiger partial charge in [0.1, 0.15) is 17.3 Å². The molecule has 5 nitrogen and oxygen atoms in total. The first-order chi connectivity index (χ1) is 19.0. The fraction of sp³-hybridized carbons (Fsp3) is 1.00. The Morgan fingerprint density at radius 3 is 1.43 bits per heavy atom. The van der Waals surface area contributed by atoms with Gasteiger partial charge in [-0.15, -0.1) is 23.5 Å². The molecule has 0 aromatic rings. The molecule has 2 rings (SSSR count). The lowest BCUT2D eigenvalue weighted by Crippen LogP contribution is -2.71. The minimum absolute atomic E-state index is 0.0758.